The minimum atomic E-state index is -0.176. The fourth-order valence-corrected chi connectivity index (χ4v) is 1.88. The zero-order chi connectivity index (χ0) is 16.3. The molecule has 0 fully saturated rings. The number of hydrogen-bond acceptors (Lipinski definition) is 5. The molecule has 2 aromatic rings. The van der Waals surface area contributed by atoms with Crippen molar-refractivity contribution in [3.05, 3.63) is 59.9 Å². The van der Waals surface area contributed by atoms with E-state index in [4.69, 9.17) is 0 Å². The number of phenols is 1. The molecule has 0 aliphatic heterocycles. The van der Waals surface area contributed by atoms with Crippen molar-refractivity contribution in [2.24, 2.45) is 4.99 Å². The van der Waals surface area contributed by atoms with Crippen molar-refractivity contribution in [2.45, 2.75) is 0 Å². The number of nitrogens with zero attached hydrogens (tertiary/aromatic N) is 2. The fourth-order valence-electron chi connectivity index (χ4n) is 1.88. The van der Waals surface area contributed by atoms with E-state index in [0.717, 1.165) is 0 Å². The van der Waals surface area contributed by atoms with Gasteiger partial charge in [-0.1, -0.05) is 18.2 Å². The van der Waals surface area contributed by atoms with Crippen molar-refractivity contribution >= 4 is 12.1 Å². The topological polar surface area (TPSA) is 86.6 Å². The Morgan fingerprint density at radius 2 is 1.96 bits per heavy atom. The van der Waals surface area contributed by atoms with E-state index in [1.807, 2.05) is 6.07 Å². The maximum atomic E-state index is 11.7. The van der Waals surface area contributed by atoms with Gasteiger partial charge in [0, 0.05) is 37.6 Å². The molecule has 2 rings (SSSR count). The van der Waals surface area contributed by atoms with Crippen LogP contribution in [0.2, 0.25) is 0 Å². The number of amides is 1. The van der Waals surface area contributed by atoms with Crippen LogP contribution in [-0.2, 0) is 0 Å². The summed E-state index contributed by atoms with van der Waals surface area (Å²) in [6.45, 7) is 2.48. The average molecular weight is 312 g/mol. The van der Waals surface area contributed by atoms with Crippen LogP contribution in [0.15, 0.2) is 53.7 Å². The van der Waals surface area contributed by atoms with Crippen LogP contribution >= 0.6 is 0 Å². The molecule has 0 bridgehead atoms. The third-order valence-electron chi connectivity index (χ3n) is 3.07. The van der Waals surface area contributed by atoms with Gasteiger partial charge >= 0.3 is 0 Å². The molecule has 0 aliphatic carbocycles. The van der Waals surface area contributed by atoms with Gasteiger partial charge in [0.05, 0.1) is 6.54 Å². The number of nitrogens with one attached hydrogen (secondary N) is 2. The Bertz CT molecular complexity index is 644. The van der Waals surface area contributed by atoms with Crippen molar-refractivity contribution in [1.29, 1.82) is 0 Å². The molecule has 0 saturated carbocycles. The molecule has 0 saturated heterocycles. The Balaban J connectivity index is 1.56. The summed E-state index contributed by atoms with van der Waals surface area (Å²) < 4.78 is 0. The van der Waals surface area contributed by atoms with Crippen LogP contribution in [0.25, 0.3) is 0 Å². The van der Waals surface area contributed by atoms with E-state index in [0.29, 0.717) is 37.4 Å². The molecule has 0 aliphatic rings. The van der Waals surface area contributed by atoms with Gasteiger partial charge in [0.2, 0.25) is 0 Å². The summed E-state index contributed by atoms with van der Waals surface area (Å²) in [5.74, 6) is 0.0476. The van der Waals surface area contributed by atoms with Crippen molar-refractivity contribution < 1.29 is 9.90 Å². The molecule has 0 atom stereocenters. The number of aliphatic imine (C=N–C) groups is 1. The molecule has 120 valence electrons. The number of hydrogen-bond donors (Lipinski definition) is 3. The van der Waals surface area contributed by atoms with Gasteiger partial charge in [-0.2, -0.15) is 0 Å². The zero-order valence-electron chi connectivity index (χ0n) is 12.8. The minimum absolute atomic E-state index is 0.176. The number of aromatic nitrogens is 1. The maximum absolute atomic E-state index is 11.7. The quantitative estimate of drug-likeness (QED) is 0.505. The standard InChI is InChI=1S/C17H20N4O2/c22-16-7-2-1-5-14(16)13-19-10-9-18-11-12-21-17(23)15-6-3-4-8-20-15/h1-8,13,18,22H,9-12H2,(H,21,23). The predicted molar refractivity (Wildman–Crippen MR) is 90.0 cm³/mol. The lowest BCUT2D eigenvalue weighted by atomic mass is 10.2. The second-order valence-electron chi connectivity index (χ2n) is 4.81. The SMILES string of the molecule is O=C(NCCNCCN=Cc1ccccc1O)c1ccccn1. The summed E-state index contributed by atoms with van der Waals surface area (Å²) in [7, 11) is 0. The number of phenolic OH excluding ortho intramolecular Hbond substituents is 1. The number of para-hydroxylation sites is 1. The minimum Gasteiger partial charge on any atom is -0.507 e. The third kappa shape index (κ3) is 5.88. The van der Waals surface area contributed by atoms with E-state index in [2.05, 4.69) is 20.6 Å². The maximum Gasteiger partial charge on any atom is 0.269 e. The van der Waals surface area contributed by atoms with Gasteiger partial charge < -0.3 is 15.7 Å². The highest BCUT2D eigenvalue weighted by Crippen LogP contribution is 2.12. The van der Waals surface area contributed by atoms with Crippen molar-refractivity contribution in [2.75, 3.05) is 26.2 Å². The van der Waals surface area contributed by atoms with Crippen molar-refractivity contribution in [1.82, 2.24) is 15.6 Å². The number of benzene rings is 1. The van der Waals surface area contributed by atoms with Crippen LogP contribution in [0.3, 0.4) is 0 Å². The number of pyridine rings is 1. The molecule has 1 aromatic carbocycles. The molecule has 0 radical (unpaired) electrons. The molecule has 0 spiro atoms. The fraction of sp³-hybridized carbons (Fsp3) is 0.235. The van der Waals surface area contributed by atoms with E-state index >= 15 is 0 Å². The molecule has 1 aromatic heterocycles. The molecular formula is C17H20N4O2. The summed E-state index contributed by atoms with van der Waals surface area (Å²) in [6, 6.07) is 12.3. The summed E-state index contributed by atoms with van der Waals surface area (Å²) in [5.41, 5.74) is 1.12. The smallest absolute Gasteiger partial charge is 0.269 e. The molecular weight excluding hydrogens is 292 g/mol. The first kappa shape index (κ1) is 16.6. The Labute approximate surface area is 135 Å². The first-order valence-corrected chi connectivity index (χ1v) is 7.45. The molecule has 6 nitrogen and oxygen atoms in total. The predicted octanol–water partition coefficient (Wildman–Crippen LogP) is 1.23. The lowest BCUT2D eigenvalue weighted by molar-refractivity contribution is 0.0949. The highest BCUT2D eigenvalue weighted by molar-refractivity contribution is 5.92. The monoisotopic (exact) mass is 312 g/mol. The lowest BCUT2D eigenvalue weighted by Gasteiger charge is -2.05. The number of carbonyl (C=O) groups excluding carboxylic acids is 1. The number of carbonyl (C=O) groups is 1. The zero-order valence-corrected chi connectivity index (χ0v) is 12.8. The Morgan fingerprint density at radius 1 is 1.13 bits per heavy atom. The molecule has 6 heteroatoms. The van der Waals surface area contributed by atoms with Crippen LogP contribution in [0, 0.1) is 0 Å². The summed E-state index contributed by atoms with van der Waals surface area (Å²) in [5, 5.41) is 15.5. The largest absolute Gasteiger partial charge is 0.507 e. The van der Waals surface area contributed by atoms with Gasteiger partial charge in [-0.05, 0) is 24.3 Å². The molecule has 3 N–H and O–H groups in total. The van der Waals surface area contributed by atoms with Crippen molar-refractivity contribution in [3.63, 3.8) is 0 Å². The van der Waals surface area contributed by atoms with Crippen LogP contribution in [0.1, 0.15) is 16.1 Å². The van der Waals surface area contributed by atoms with E-state index in [-0.39, 0.29) is 11.7 Å². The van der Waals surface area contributed by atoms with E-state index in [9.17, 15) is 9.90 Å². The van der Waals surface area contributed by atoms with Crippen molar-refractivity contribution in [3.8, 4) is 5.75 Å². The van der Waals surface area contributed by atoms with E-state index in [1.165, 1.54) is 0 Å². The average Bonchev–Trinajstić information content (AvgIpc) is 2.59. The second kappa shape index (κ2) is 9.32. The summed E-state index contributed by atoms with van der Waals surface area (Å²) in [6.07, 6.45) is 3.25. The van der Waals surface area contributed by atoms with Crippen LogP contribution in [0.4, 0.5) is 0 Å². The Hall–Kier alpha value is -2.73. The molecule has 23 heavy (non-hydrogen) atoms. The highest BCUT2D eigenvalue weighted by atomic mass is 16.3. The first-order valence-electron chi connectivity index (χ1n) is 7.45. The Morgan fingerprint density at radius 3 is 2.74 bits per heavy atom. The van der Waals surface area contributed by atoms with Crippen LogP contribution in [-0.4, -0.2) is 48.4 Å². The number of aromatic hydroxyl groups is 1. The second-order valence-corrected chi connectivity index (χ2v) is 4.81. The van der Waals surface area contributed by atoms with E-state index in [1.54, 1.807) is 48.8 Å². The Kier molecular flexibility index (Phi) is 6.74. The summed E-state index contributed by atoms with van der Waals surface area (Å²) in [4.78, 5) is 19.9. The van der Waals surface area contributed by atoms with Gasteiger partial charge in [-0.25, -0.2) is 0 Å². The van der Waals surface area contributed by atoms with Crippen LogP contribution in [0.5, 0.6) is 5.75 Å². The lowest BCUT2D eigenvalue weighted by Crippen LogP contribution is -2.33. The molecule has 1 amide bonds. The normalized spacial score (nSPS) is 10.8. The molecule has 1 heterocycles. The van der Waals surface area contributed by atoms with Gasteiger partial charge in [0.25, 0.3) is 5.91 Å². The van der Waals surface area contributed by atoms with Gasteiger partial charge in [0.15, 0.2) is 0 Å². The van der Waals surface area contributed by atoms with E-state index < -0.39 is 0 Å². The summed E-state index contributed by atoms with van der Waals surface area (Å²) >= 11 is 0. The van der Waals surface area contributed by atoms with Gasteiger partial charge in [-0.3, -0.25) is 14.8 Å². The third-order valence-corrected chi connectivity index (χ3v) is 3.07. The number of rotatable bonds is 8. The van der Waals surface area contributed by atoms with Gasteiger partial charge in [-0.15, -0.1) is 0 Å². The molecule has 0 unspecified atom stereocenters. The van der Waals surface area contributed by atoms with Gasteiger partial charge in [0.1, 0.15) is 11.4 Å². The first-order chi connectivity index (χ1) is 11.3. The highest BCUT2D eigenvalue weighted by Gasteiger charge is 2.03. The van der Waals surface area contributed by atoms with Crippen LogP contribution < -0.4 is 10.6 Å².